The molecule has 2 amide bonds. The zero-order valence-corrected chi connectivity index (χ0v) is 18.7. The van der Waals surface area contributed by atoms with Crippen LogP contribution < -0.4 is 10.9 Å². The number of aromatic amines is 1. The predicted molar refractivity (Wildman–Crippen MR) is 125 cm³/mol. The van der Waals surface area contributed by atoms with Gasteiger partial charge in [0.25, 0.3) is 5.56 Å². The third-order valence-electron chi connectivity index (χ3n) is 6.04. The van der Waals surface area contributed by atoms with Crippen LogP contribution >= 0.6 is 0 Å². The maximum atomic E-state index is 13.1. The molecule has 2 aromatic heterocycles. The van der Waals surface area contributed by atoms with Crippen molar-refractivity contribution in [3.8, 4) is 0 Å². The van der Waals surface area contributed by atoms with Gasteiger partial charge in [-0.05, 0) is 49.6 Å². The zero-order valence-electron chi connectivity index (χ0n) is 18.7. The third-order valence-corrected chi connectivity index (χ3v) is 6.04. The number of halogens is 1. The molecule has 0 aliphatic carbocycles. The van der Waals surface area contributed by atoms with Crippen LogP contribution in [0.3, 0.4) is 0 Å². The standard InChI is InChI=1S/C24H24FN7O2/c1-15-4-6-16(7-5-15)13-32-22-20(29-30-32)23(33)28-21(27-22)17-3-2-12-31(14-17)24(34)26-19-10-8-18(25)9-11-19/h4-11,17H,2-3,12-14H2,1H3,(H,26,34)(H,27,28,33)/t17-/m1/s1. The first-order valence-corrected chi connectivity index (χ1v) is 11.2. The Morgan fingerprint density at radius 2 is 1.94 bits per heavy atom. The third kappa shape index (κ3) is 4.52. The van der Waals surface area contributed by atoms with Gasteiger partial charge in [0, 0.05) is 24.7 Å². The largest absolute Gasteiger partial charge is 0.324 e. The number of carbonyl (C=O) groups excluding carboxylic acids is 1. The Balaban J connectivity index is 1.36. The molecule has 4 aromatic rings. The number of hydrogen-bond donors (Lipinski definition) is 2. The van der Waals surface area contributed by atoms with E-state index in [1.165, 1.54) is 24.3 Å². The lowest BCUT2D eigenvalue weighted by molar-refractivity contribution is 0.191. The molecule has 174 valence electrons. The summed E-state index contributed by atoms with van der Waals surface area (Å²) >= 11 is 0. The number of hydrogen-bond acceptors (Lipinski definition) is 5. The Morgan fingerprint density at radius 3 is 2.71 bits per heavy atom. The summed E-state index contributed by atoms with van der Waals surface area (Å²) in [4.78, 5) is 34.7. The summed E-state index contributed by atoms with van der Waals surface area (Å²) in [5.41, 5.74) is 2.98. The molecule has 34 heavy (non-hydrogen) atoms. The lowest BCUT2D eigenvalue weighted by Gasteiger charge is -2.32. The van der Waals surface area contributed by atoms with Crippen molar-refractivity contribution in [2.45, 2.75) is 32.2 Å². The van der Waals surface area contributed by atoms with Crippen LogP contribution in [0.15, 0.2) is 53.3 Å². The van der Waals surface area contributed by atoms with E-state index in [0.29, 0.717) is 36.8 Å². The van der Waals surface area contributed by atoms with Crippen LogP contribution in [-0.2, 0) is 6.54 Å². The maximum absolute atomic E-state index is 13.1. The van der Waals surface area contributed by atoms with Crippen molar-refractivity contribution in [1.82, 2.24) is 29.9 Å². The van der Waals surface area contributed by atoms with Gasteiger partial charge in [0.15, 0.2) is 11.2 Å². The number of likely N-dealkylation sites (tertiary alicyclic amines) is 1. The Labute approximate surface area is 194 Å². The lowest BCUT2D eigenvalue weighted by atomic mass is 9.97. The fraction of sp³-hybridized carbons (Fsp3) is 0.292. The van der Waals surface area contributed by atoms with E-state index in [4.69, 9.17) is 4.98 Å². The van der Waals surface area contributed by atoms with Gasteiger partial charge < -0.3 is 15.2 Å². The number of H-pyrrole nitrogens is 1. The minimum Gasteiger partial charge on any atom is -0.324 e. The number of fused-ring (bicyclic) bond motifs is 1. The Kier molecular flexibility index (Phi) is 5.79. The number of rotatable bonds is 4. The van der Waals surface area contributed by atoms with Crippen molar-refractivity contribution in [2.75, 3.05) is 18.4 Å². The number of nitrogens with one attached hydrogen (secondary N) is 2. The molecule has 1 fully saturated rings. The molecular formula is C24H24FN7O2. The molecule has 0 spiro atoms. The first-order chi connectivity index (χ1) is 16.5. The molecule has 10 heteroatoms. The molecule has 1 atom stereocenters. The van der Waals surface area contributed by atoms with Gasteiger partial charge in [0.2, 0.25) is 0 Å². The molecule has 0 saturated carbocycles. The van der Waals surface area contributed by atoms with Crippen molar-refractivity contribution in [3.63, 3.8) is 0 Å². The molecule has 2 aromatic carbocycles. The van der Waals surface area contributed by atoms with Crippen molar-refractivity contribution in [2.24, 2.45) is 0 Å². The summed E-state index contributed by atoms with van der Waals surface area (Å²) in [6, 6.07) is 13.4. The molecule has 9 nitrogen and oxygen atoms in total. The van der Waals surface area contributed by atoms with E-state index in [9.17, 15) is 14.0 Å². The number of piperidine rings is 1. The summed E-state index contributed by atoms with van der Waals surface area (Å²) in [6.45, 7) is 3.46. The van der Waals surface area contributed by atoms with Gasteiger partial charge in [0.1, 0.15) is 11.6 Å². The highest BCUT2D eigenvalue weighted by atomic mass is 19.1. The number of nitrogens with zero attached hydrogens (tertiary/aromatic N) is 5. The summed E-state index contributed by atoms with van der Waals surface area (Å²) < 4.78 is 14.8. The highest BCUT2D eigenvalue weighted by molar-refractivity contribution is 5.89. The summed E-state index contributed by atoms with van der Waals surface area (Å²) in [5, 5.41) is 11.0. The molecule has 1 aliphatic rings. The maximum Gasteiger partial charge on any atom is 0.321 e. The van der Waals surface area contributed by atoms with E-state index >= 15 is 0 Å². The fourth-order valence-corrected chi connectivity index (χ4v) is 4.17. The number of urea groups is 1. The second kappa shape index (κ2) is 9.05. The molecule has 1 aliphatic heterocycles. The zero-order chi connectivity index (χ0) is 23.7. The predicted octanol–water partition coefficient (Wildman–Crippen LogP) is 3.42. The highest BCUT2D eigenvalue weighted by Gasteiger charge is 2.27. The number of aromatic nitrogens is 5. The average Bonchev–Trinajstić information content (AvgIpc) is 3.25. The van der Waals surface area contributed by atoms with Crippen LogP contribution in [0.4, 0.5) is 14.9 Å². The van der Waals surface area contributed by atoms with Gasteiger partial charge in [-0.3, -0.25) is 4.79 Å². The summed E-state index contributed by atoms with van der Waals surface area (Å²) in [7, 11) is 0. The van der Waals surface area contributed by atoms with Crippen LogP contribution in [0, 0.1) is 12.7 Å². The normalized spacial score (nSPS) is 16.1. The van der Waals surface area contributed by atoms with E-state index in [1.54, 1.807) is 9.58 Å². The van der Waals surface area contributed by atoms with Crippen molar-refractivity contribution >= 4 is 22.9 Å². The van der Waals surface area contributed by atoms with Gasteiger partial charge in [-0.25, -0.2) is 18.9 Å². The highest BCUT2D eigenvalue weighted by Crippen LogP contribution is 2.25. The number of aryl methyl sites for hydroxylation is 1. The quantitative estimate of drug-likeness (QED) is 0.484. The molecular weight excluding hydrogens is 437 g/mol. The fourth-order valence-electron chi connectivity index (χ4n) is 4.17. The summed E-state index contributed by atoms with van der Waals surface area (Å²) in [5.74, 6) is 0.0225. The van der Waals surface area contributed by atoms with Gasteiger partial charge in [0.05, 0.1) is 6.54 Å². The van der Waals surface area contributed by atoms with Gasteiger partial charge in [-0.15, -0.1) is 5.10 Å². The second-order valence-corrected chi connectivity index (χ2v) is 8.58. The molecule has 2 N–H and O–H groups in total. The van der Waals surface area contributed by atoms with Gasteiger partial charge in [-0.1, -0.05) is 35.0 Å². The summed E-state index contributed by atoms with van der Waals surface area (Å²) in [6.07, 6.45) is 1.55. The van der Waals surface area contributed by atoms with E-state index < -0.39 is 0 Å². The minimum atomic E-state index is -0.363. The Bertz CT molecular complexity index is 1380. The van der Waals surface area contributed by atoms with Crippen LogP contribution in [0.25, 0.3) is 11.2 Å². The first kappa shape index (κ1) is 21.7. The molecule has 0 bridgehead atoms. The molecule has 3 heterocycles. The number of carbonyl (C=O) groups is 1. The van der Waals surface area contributed by atoms with Crippen molar-refractivity contribution in [3.05, 3.63) is 81.7 Å². The second-order valence-electron chi connectivity index (χ2n) is 8.58. The van der Waals surface area contributed by atoms with E-state index in [0.717, 1.165) is 24.0 Å². The SMILES string of the molecule is Cc1ccc(Cn2nnc3c(=O)[nH]c([C@@H]4CCCN(C(=O)Nc5ccc(F)cc5)C4)nc32)cc1. The monoisotopic (exact) mass is 461 g/mol. The van der Waals surface area contributed by atoms with E-state index in [-0.39, 0.29) is 28.8 Å². The van der Waals surface area contributed by atoms with Gasteiger partial charge in [-0.2, -0.15) is 0 Å². The Morgan fingerprint density at radius 1 is 1.18 bits per heavy atom. The Hall–Kier alpha value is -4.08. The molecule has 1 saturated heterocycles. The smallest absolute Gasteiger partial charge is 0.321 e. The molecule has 5 rings (SSSR count). The topological polar surface area (TPSA) is 109 Å². The van der Waals surface area contributed by atoms with E-state index in [1.807, 2.05) is 31.2 Å². The number of benzene rings is 2. The number of amides is 2. The molecule has 0 unspecified atom stereocenters. The van der Waals surface area contributed by atoms with Crippen LogP contribution in [0.5, 0.6) is 0 Å². The van der Waals surface area contributed by atoms with Crippen molar-refractivity contribution < 1.29 is 9.18 Å². The first-order valence-electron chi connectivity index (χ1n) is 11.2. The van der Waals surface area contributed by atoms with Crippen LogP contribution in [-0.4, -0.2) is 49.0 Å². The average molecular weight is 462 g/mol. The lowest BCUT2D eigenvalue weighted by Crippen LogP contribution is -2.42. The van der Waals surface area contributed by atoms with Gasteiger partial charge >= 0.3 is 6.03 Å². The number of anilines is 1. The van der Waals surface area contributed by atoms with Crippen LogP contribution in [0.1, 0.15) is 35.7 Å². The van der Waals surface area contributed by atoms with Crippen LogP contribution in [0.2, 0.25) is 0 Å². The van der Waals surface area contributed by atoms with Crippen molar-refractivity contribution in [1.29, 1.82) is 0 Å². The minimum absolute atomic E-state index is 0.132. The molecule has 0 radical (unpaired) electrons. The van der Waals surface area contributed by atoms with E-state index in [2.05, 4.69) is 20.6 Å².